The topological polar surface area (TPSA) is 135 Å². The van der Waals surface area contributed by atoms with Crippen molar-refractivity contribution in [2.75, 3.05) is 13.1 Å². The minimum absolute atomic E-state index is 0.0357. The zero-order chi connectivity index (χ0) is 23.4. The van der Waals surface area contributed by atoms with Crippen LogP contribution < -0.4 is 4.74 Å². The second-order valence-electron chi connectivity index (χ2n) is 8.71. The first-order valence-corrected chi connectivity index (χ1v) is 11.5. The molecule has 0 spiro atoms. The number of nitrogens with zero attached hydrogens (tertiary/aromatic N) is 11. The molecule has 13 heteroatoms. The van der Waals surface area contributed by atoms with E-state index in [1.165, 1.54) is 6.33 Å². The lowest BCUT2D eigenvalue weighted by Gasteiger charge is -2.20. The van der Waals surface area contributed by atoms with E-state index in [0.29, 0.717) is 43.0 Å². The van der Waals surface area contributed by atoms with Gasteiger partial charge >= 0.3 is 0 Å². The Morgan fingerprint density at radius 2 is 2.15 bits per heavy atom. The van der Waals surface area contributed by atoms with Gasteiger partial charge in [-0.15, -0.1) is 5.10 Å². The molecule has 0 N–H and O–H groups in total. The molecule has 34 heavy (non-hydrogen) atoms. The molecule has 6 rings (SSSR count). The van der Waals surface area contributed by atoms with Gasteiger partial charge in [-0.25, -0.2) is 14.6 Å². The van der Waals surface area contributed by atoms with E-state index < -0.39 is 0 Å². The zero-order valence-corrected chi connectivity index (χ0v) is 19.3. The summed E-state index contributed by atoms with van der Waals surface area (Å²) in [7, 11) is 1.93. The Bertz CT molecular complexity index is 1390. The van der Waals surface area contributed by atoms with E-state index in [-0.39, 0.29) is 18.1 Å². The van der Waals surface area contributed by atoms with Crippen LogP contribution in [-0.4, -0.2) is 79.5 Å². The minimum atomic E-state index is -0.333. The minimum Gasteiger partial charge on any atom is -0.471 e. The Labute approximate surface area is 194 Å². The van der Waals surface area contributed by atoms with Crippen molar-refractivity contribution in [2.45, 2.75) is 51.8 Å². The molecule has 6 heterocycles. The second kappa shape index (κ2) is 7.85. The molecule has 4 aromatic rings. The van der Waals surface area contributed by atoms with Gasteiger partial charge in [0.05, 0.1) is 18.3 Å². The lowest BCUT2D eigenvalue weighted by atomic mass is 10.2. The van der Waals surface area contributed by atoms with E-state index in [2.05, 4.69) is 37.5 Å². The molecule has 1 amide bonds. The van der Waals surface area contributed by atoms with Gasteiger partial charge < -0.3 is 14.2 Å². The van der Waals surface area contributed by atoms with Crippen LogP contribution in [0, 0.1) is 6.92 Å². The lowest BCUT2D eigenvalue weighted by molar-refractivity contribution is -0.134. The highest BCUT2D eigenvalue weighted by Gasteiger charge is 2.37. The van der Waals surface area contributed by atoms with Crippen LogP contribution in [0.15, 0.2) is 12.5 Å². The molecule has 0 bridgehead atoms. The molecule has 1 saturated heterocycles. The van der Waals surface area contributed by atoms with Crippen molar-refractivity contribution < 1.29 is 9.53 Å². The van der Waals surface area contributed by atoms with Crippen molar-refractivity contribution in [3.05, 3.63) is 24.0 Å². The molecule has 4 aromatic heterocycles. The smallest absolute Gasteiger partial charge is 0.247 e. The normalized spacial score (nSPS) is 19.8. The third-order valence-corrected chi connectivity index (χ3v) is 6.78. The second-order valence-corrected chi connectivity index (χ2v) is 8.71. The molecule has 2 aliphatic heterocycles. The summed E-state index contributed by atoms with van der Waals surface area (Å²) in [5, 5.41) is 16.1. The van der Waals surface area contributed by atoms with Crippen LogP contribution in [0.25, 0.3) is 22.6 Å². The van der Waals surface area contributed by atoms with Crippen LogP contribution in [-0.2, 0) is 24.8 Å². The number of hydrogen-bond donors (Lipinski definition) is 0. The van der Waals surface area contributed by atoms with Gasteiger partial charge in [0, 0.05) is 38.7 Å². The maximum absolute atomic E-state index is 13.1. The molecule has 13 nitrogen and oxygen atoms in total. The maximum Gasteiger partial charge on any atom is 0.247 e. The fraction of sp³-hybridized carbons (Fsp3) is 0.524. The molecule has 1 fully saturated rings. The number of rotatable bonds is 5. The Morgan fingerprint density at radius 1 is 1.26 bits per heavy atom. The van der Waals surface area contributed by atoms with E-state index in [4.69, 9.17) is 9.72 Å². The standard InChI is InChI=1S/C21H25N11O2/c1-4-31-12(2)14(9-24-31)18-25-17-19(29(18)3)22-11-23-20(17)34-13-7-8-30(10-13)21(33)15-5-6-16-26-27-28-32(15)16/h9,11,13,15H,4-8,10H2,1-3H3/t13-,15?/m0/s1. The van der Waals surface area contributed by atoms with Gasteiger partial charge in [0.2, 0.25) is 11.8 Å². The van der Waals surface area contributed by atoms with Gasteiger partial charge in [0.25, 0.3) is 0 Å². The number of tetrazole rings is 1. The number of aromatic nitrogens is 10. The first-order chi connectivity index (χ1) is 16.5. The van der Waals surface area contributed by atoms with E-state index in [1.54, 1.807) is 4.68 Å². The molecule has 2 atom stereocenters. The van der Waals surface area contributed by atoms with Gasteiger partial charge in [-0.3, -0.25) is 9.48 Å². The fourth-order valence-corrected chi connectivity index (χ4v) is 4.92. The molecular formula is C21H25N11O2. The number of fused-ring (bicyclic) bond motifs is 2. The molecule has 2 aliphatic rings. The molecule has 0 aliphatic carbocycles. The summed E-state index contributed by atoms with van der Waals surface area (Å²) in [6.45, 7) is 5.98. The molecule has 0 saturated carbocycles. The number of carbonyl (C=O) groups is 1. The van der Waals surface area contributed by atoms with Gasteiger partial charge in [-0.05, 0) is 30.7 Å². The highest BCUT2D eigenvalue weighted by Crippen LogP contribution is 2.31. The number of amides is 1. The number of aryl methyl sites for hydroxylation is 3. The number of imidazole rings is 1. The van der Waals surface area contributed by atoms with Crippen LogP contribution in [0.1, 0.15) is 37.3 Å². The van der Waals surface area contributed by atoms with Gasteiger partial charge in [0.15, 0.2) is 17.0 Å². The number of likely N-dealkylation sites (tertiary alicyclic amines) is 1. The Balaban J connectivity index is 1.22. The van der Waals surface area contributed by atoms with E-state index in [9.17, 15) is 4.79 Å². The summed E-state index contributed by atoms with van der Waals surface area (Å²) in [5.74, 6) is 1.99. The predicted octanol–water partition coefficient (Wildman–Crippen LogP) is 0.709. The van der Waals surface area contributed by atoms with Crippen LogP contribution in [0.3, 0.4) is 0 Å². The van der Waals surface area contributed by atoms with Crippen molar-refractivity contribution in [3.63, 3.8) is 0 Å². The van der Waals surface area contributed by atoms with E-state index >= 15 is 0 Å². The largest absolute Gasteiger partial charge is 0.471 e. The summed E-state index contributed by atoms with van der Waals surface area (Å²) in [4.78, 5) is 28.5. The van der Waals surface area contributed by atoms with Crippen molar-refractivity contribution in [3.8, 4) is 17.3 Å². The first-order valence-electron chi connectivity index (χ1n) is 11.5. The summed E-state index contributed by atoms with van der Waals surface area (Å²) >= 11 is 0. The number of hydrogen-bond acceptors (Lipinski definition) is 9. The lowest BCUT2D eigenvalue weighted by Crippen LogP contribution is -2.36. The fourth-order valence-electron chi connectivity index (χ4n) is 4.92. The molecular weight excluding hydrogens is 438 g/mol. The van der Waals surface area contributed by atoms with Crippen LogP contribution in [0.5, 0.6) is 5.88 Å². The van der Waals surface area contributed by atoms with Crippen LogP contribution >= 0.6 is 0 Å². The van der Waals surface area contributed by atoms with Crippen LogP contribution in [0.4, 0.5) is 0 Å². The third kappa shape index (κ3) is 3.14. The third-order valence-electron chi connectivity index (χ3n) is 6.78. The average Bonchev–Trinajstić information content (AvgIpc) is 3.63. The Morgan fingerprint density at radius 3 is 2.97 bits per heavy atom. The van der Waals surface area contributed by atoms with Gasteiger partial charge in [0.1, 0.15) is 24.3 Å². The number of ether oxygens (including phenoxy) is 1. The molecule has 0 aromatic carbocycles. The molecule has 176 valence electrons. The van der Waals surface area contributed by atoms with Crippen molar-refractivity contribution >= 4 is 17.1 Å². The van der Waals surface area contributed by atoms with Gasteiger partial charge in [-0.2, -0.15) is 10.1 Å². The summed E-state index contributed by atoms with van der Waals surface area (Å²) in [6, 6.07) is -0.333. The highest BCUT2D eigenvalue weighted by atomic mass is 16.5. The van der Waals surface area contributed by atoms with Crippen molar-refractivity contribution in [1.82, 2.24) is 54.4 Å². The van der Waals surface area contributed by atoms with E-state index in [1.807, 2.05) is 34.3 Å². The summed E-state index contributed by atoms with van der Waals surface area (Å²) in [6.07, 6.45) is 5.28. The van der Waals surface area contributed by atoms with Crippen molar-refractivity contribution in [2.24, 2.45) is 7.05 Å². The maximum atomic E-state index is 13.1. The zero-order valence-electron chi connectivity index (χ0n) is 19.3. The highest BCUT2D eigenvalue weighted by molar-refractivity contribution is 5.82. The average molecular weight is 464 g/mol. The van der Waals surface area contributed by atoms with E-state index in [0.717, 1.165) is 35.9 Å². The number of carbonyl (C=O) groups excluding carboxylic acids is 1. The predicted molar refractivity (Wildman–Crippen MR) is 119 cm³/mol. The monoisotopic (exact) mass is 463 g/mol. The summed E-state index contributed by atoms with van der Waals surface area (Å²) < 4.78 is 11.8. The van der Waals surface area contributed by atoms with Crippen molar-refractivity contribution in [1.29, 1.82) is 0 Å². The van der Waals surface area contributed by atoms with Gasteiger partial charge in [-0.1, -0.05) is 0 Å². The SMILES string of the molecule is CCn1ncc(-c2nc3c(O[C@H]4CCN(C(=O)C5CCc6nnnn65)C4)ncnc3n2C)c1C. The quantitative estimate of drug-likeness (QED) is 0.419. The van der Waals surface area contributed by atoms with Crippen LogP contribution in [0.2, 0.25) is 0 Å². The first kappa shape index (κ1) is 20.7. The summed E-state index contributed by atoms with van der Waals surface area (Å²) in [5.41, 5.74) is 3.28. The molecule has 1 unspecified atom stereocenters. The Hall–Kier alpha value is -3.90. The Kier molecular flexibility index (Phi) is 4.78. The molecule has 0 radical (unpaired) electrons.